The monoisotopic (exact) mass is 280 g/mol. The van der Waals surface area contributed by atoms with Crippen LogP contribution in [0.2, 0.25) is 0 Å². The molecule has 2 unspecified atom stereocenters. The molecule has 1 aliphatic carbocycles. The van der Waals surface area contributed by atoms with Crippen LogP contribution in [0.3, 0.4) is 0 Å². The largest absolute Gasteiger partial charge is 0.465 e. The van der Waals surface area contributed by atoms with E-state index >= 15 is 0 Å². The van der Waals surface area contributed by atoms with Crippen molar-refractivity contribution in [3.8, 4) is 0 Å². The Morgan fingerprint density at radius 2 is 2.19 bits per heavy atom. The highest BCUT2D eigenvalue weighted by Crippen LogP contribution is 2.39. The third kappa shape index (κ3) is 2.05. The molecule has 16 heavy (non-hydrogen) atoms. The zero-order chi connectivity index (χ0) is 11.5. The maximum absolute atomic E-state index is 11.7. The molecule has 0 fully saturated rings. The first-order chi connectivity index (χ1) is 7.74. The van der Waals surface area contributed by atoms with Crippen molar-refractivity contribution in [3.05, 3.63) is 41.5 Å². The van der Waals surface area contributed by atoms with Crippen LogP contribution in [0, 0.1) is 5.92 Å². The number of halogens is 1. The van der Waals surface area contributed by atoms with Gasteiger partial charge in [-0.1, -0.05) is 52.3 Å². The van der Waals surface area contributed by atoms with E-state index in [1.165, 1.54) is 0 Å². The summed E-state index contributed by atoms with van der Waals surface area (Å²) in [5.74, 6) is -0.398. The van der Waals surface area contributed by atoms with Crippen molar-refractivity contribution in [1.29, 1.82) is 0 Å². The average Bonchev–Trinajstić information content (AvgIpc) is 2.30. The molecular formula is C13H13BrO2. The van der Waals surface area contributed by atoms with E-state index in [1.807, 2.05) is 43.3 Å². The predicted octanol–water partition coefficient (Wildman–Crippen LogP) is 3.33. The molecule has 0 saturated heterocycles. The van der Waals surface area contributed by atoms with Gasteiger partial charge >= 0.3 is 5.97 Å². The van der Waals surface area contributed by atoms with E-state index in [9.17, 15) is 4.79 Å². The highest BCUT2D eigenvalue weighted by Gasteiger charge is 2.30. The fraction of sp³-hybridized carbons (Fsp3) is 0.308. The van der Waals surface area contributed by atoms with E-state index in [1.54, 1.807) is 0 Å². The Bertz CT molecular complexity index is 426. The molecule has 1 aromatic rings. The molecule has 0 amide bonds. The first-order valence-corrected chi connectivity index (χ1v) is 6.23. The molecule has 0 aromatic heterocycles. The molecule has 0 saturated carbocycles. The minimum Gasteiger partial charge on any atom is -0.465 e. The summed E-state index contributed by atoms with van der Waals surface area (Å²) in [7, 11) is 0. The lowest BCUT2D eigenvalue weighted by atomic mass is 9.89. The van der Waals surface area contributed by atoms with Gasteiger partial charge in [0.2, 0.25) is 0 Å². The Morgan fingerprint density at radius 1 is 1.44 bits per heavy atom. The van der Waals surface area contributed by atoms with Crippen molar-refractivity contribution in [2.24, 2.45) is 5.92 Å². The van der Waals surface area contributed by atoms with Gasteiger partial charge in [-0.2, -0.15) is 0 Å². The fourth-order valence-electron chi connectivity index (χ4n) is 1.85. The third-order valence-corrected chi connectivity index (χ3v) is 3.71. The summed E-state index contributed by atoms with van der Waals surface area (Å²) in [6.45, 7) is 2.24. The van der Waals surface area contributed by atoms with E-state index in [2.05, 4.69) is 15.9 Å². The summed E-state index contributed by atoms with van der Waals surface area (Å²) < 4.78 is 5.05. The summed E-state index contributed by atoms with van der Waals surface area (Å²) in [6, 6.07) is 8.05. The Morgan fingerprint density at radius 3 is 2.94 bits per heavy atom. The number of fused-ring (bicyclic) bond motifs is 1. The minimum absolute atomic E-state index is 0.00718. The van der Waals surface area contributed by atoms with Crippen molar-refractivity contribution in [2.45, 2.75) is 11.8 Å². The number of carbonyl (C=O) groups is 1. The molecule has 0 spiro atoms. The second-order valence-electron chi connectivity index (χ2n) is 3.67. The Hall–Kier alpha value is -1.09. The fourth-order valence-corrected chi connectivity index (χ4v) is 2.66. The van der Waals surface area contributed by atoms with Gasteiger partial charge in [0.15, 0.2) is 0 Å². The lowest BCUT2D eigenvalue weighted by molar-refractivity contribution is -0.146. The SMILES string of the molecule is CCOC(=O)C1C=Cc2ccccc2C1Br. The van der Waals surface area contributed by atoms with Crippen molar-refractivity contribution >= 4 is 28.0 Å². The quantitative estimate of drug-likeness (QED) is 0.614. The standard InChI is InChI=1S/C13H13BrO2/c1-2-16-13(15)11-8-7-9-5-3-4-6-10(9)12(11)14/h3-8,11-12H,2H2,1H3. The van der Waals surface area contributed by atoms with Crippen LogP contribution < -0.4 is 0 Å². The van der Waals surface area contributed by atoms with Crippen LogP contribution in [0.1, 0.15) is 22.9 Å². The van der Waals surface area contributed by atoms with Crippen LogP contribution >= 0.6 is 15.9 Å². The molecule has 1 aromatic carbocycles. The van der Waals surface area contributed by atoms with E-state index in [-0.39, 0.29) is 16.7 Å². The highest BCUT2D eigenvalue weighted by atomic mass is 79.9. The number of hydrogen-bond donors (Lipinski definition) is 0. The molecule has 0 radical (unpaired) electrons. The maximum Gasteiger partial charge on any atom is 0.314 e. The highest BCUT2D eigenvalue weighted by molar-refractivity contribution is 9.09. The number of alkyl halides is 1. The molecule has 2 atom stereocenters. The van der Waals surface area contributed by atoms with Crippen molar-refractivity contribution in [2.75, 3.05) is 6.61 Å². The van der Waals surface area contributed by atoms with Crippen molar-refractivity contribution in [3.63, 3.8) is 0 Å². The topological polar surface area (TPSA) is 26.3 Å². The molecule has 3 heteroatoms. The molecule has 1 aliphatic rings. The average molecular weight is 281 g/mol. The summed E-state index contributed by atoms with van der Waals surface area (Å²) in [6.07, 6.45) is 3.88. The molecule has 84 valence electrons. The molecule has 0 bridgehead atoms. The van der Waals surface area contributed by atoms with Gasteiger partial charge in [0.05, 0.1) is 17.4 Å². The molecular weight excluding hydrogens is 268 g/mol. The number of ether oxygens (including phenoxy) is 1. The van der Waals surface area contributed by atoms with Gasteiger partial charge in [-0.15, -0.1) is 0 Å². The molecule has 2 rings (SSSR count). The normalized spacial score (nSPS) is 22.6. The number of rotatable bonds is 2. The molecule has 0 aliphatic heterocycles. The van der Waals surface area contributed by atoms with E-state index in [4.69, 9.17) is 4.74 Å². The summed E-state index contributed by atoms with van der Waals surface area (Å²) in [5.41, 5.74) is 2.30. The number of carbonyl (C=O) groups excluding carboxylic acids is 1. The Balaban J connectivity index is 2.27. The van der Waals surface area contributed by atoms with Gasteiger partial charge in [-0.05, 0) is 18.1 Å². The van der Waals surface area contributed by atoms with Gasteiger partial charge < -0.3 is 4.74 Å². The van der Waals surface area contributed by atoms with Crippen molar-refractivity contribution in [1.82, 2.24) is 0 Å². The van der Waals surface area contributed by atoms with E-state index < -0.39 is 0 Å². The van der Waals surface area contributed by atoms with Crippen LogP contribution in [-0.4, -0.2) is 12.6 Å². The lowest BCUT2D eigenvalue weighted by Gasteiger charge is -2.23. The van der Waals surface area contributed by atoms with Crippen LogP contribution in [0.5, 0.6) is 0 Å². The summed E-state index contributed by atoms with van der Waals surface area (Å²) in [5, 5.41) is 0. The van der Waals surface area contributed by atoms with Gasteiger partial charge in [0, 0.05) is 0 Å². The predicted molar refractivity (Wildman–Crippen MR) is 67.3 cm³/mol. The second kappa shape index (κ2) is 4.83. The van der Waals surface area contributed by atoms with Gasteiger partial charge in [0.1, 0.15) is 0 Å². The van der Waals surface area contributed by atoms with Gasteiger partial charge in [0.25, 0.3) is 0 Å². The Labute approximate surface area is 103 Å². The maximum atomic E-state index is 11.7. The zero-order valence-corrected chi connectivity index (χ0v) is 10.6. The van der Waals surface area contributed by atoms with E-state index in [0.717, 1.165) is 11.1 Å². The number of esters is 1. The zero-order valence-electron chi connectivity index (χ0n) is 9.02. The summed E-state index contributed by atoms with van der Waals surface area (Å²) >= 11 is 3.57. The van der Waals surface area contributed by atoms with Crippen LogP contribution in [0.15, 0.2) is 30.3 Å². The van der Waals surface area contributed by atoms with Crippen LogP contribution in [0.25, 0.3) is 6.08 Å². The second-order valence-corrected chi connectivity index (χ2v) is 4.65. The Kier molecular flexibility index (Phi) is 3.44. The molecule has 0 heterocycles. The van der Waals surface area contributed by atoms with Gasteiger partial charge in [-0.25, -0.2) is 0 Å². The van der Waals surface area contributed by atoms with Crippen LogP contribution in [-0.2, 0) is 9.53 Å². The van der Waals surface area contributed by atoms with Gasteiger partial charge in [-0.3, -0.25) is 4.79 Å². The molecule has 0 N–H and O–H groups in total. The first kappa shape index (κ1) is 11.4. The smallest absolute Gasteiger partial charge is 0.314 e. The van der Waals surface area contributed by atoms with Crippen LogP contribution in [0.4, 0.5) is 0 Å². The number of benzene rings is 1. The first-order valence-electron chi connectivity index (χ1n) is 5.32. The molecule has 2 nitrogen and oxygen atoms in total. The summed E-state index contributed by atoms with van der Waals surface area (Å²) in [4.78, 5) is 11.7. The number of hydrogen-bond acceptors (Lipinski definition) is 2. The lowest BCUT2D eigenvalue weighted by Crippen LogP contribution is -2.22. The van der Waals surface area contributed by atoms with Crippen molar-refractivity contribution < 1.29 is 9.53 Å². The van der Waals surface area contributed by atoms with E-state index in [0.29, 0.717) is 6.61 Å². The third-order valence-electron chi connectivity index (χ3n) is 2.65. The minimum atomic E-state index is -0.227.